The van der Waals surface area contributed by atoms with E-state index in [2.05, 4.69) is 25.4 Å². The summed E-state index contributed by atoms with van der Waals surface area (Å²) in [5, 5.41) is 3.38. The van der Waals surface area contributed by atoms with Crippen molar-refractivity contribution >= 4 is 17.7 Å². The van der Waals surface area contributed by atoms with Gasteiger partial charge in [-0.3, -0.25) is 4.79 Å². The SMILES string of the molecule is CSCCCN(C)C(=O)C1NCCCC1(C)C. The standard InChI is InChI=1S/C13H26N2OS/c1-13(2)7-5-8-14-11(13)12(16)15(3)9-6-10-17-4/h11,14H,5-10H2,1-4H3. The topological polar surface area (TPSA) is 32.3 Å². The summed E-state index contributed by atoms with van der Waals surface area (Å²) in [7, 11) is 1.93. The van der Waals surface area contributed by atoms with E-state index in [-0.39, 0.29) is 17.4 Å². The summed E-state index contributed by atoms with van der Waals surface area (Å²) in [5.41, 5.74) is 0.0864. The predicted octanol–water partition coefficient (Wildman–Crippen LogP) is 1.98. The summed E-state index contributed by atoms with van der Waals surface area (Å²) in [4.78, 5) is 14.3. The van der Waals surface area contributed by atoms with Crippen LogP contribution in [0.25, 0.3) is 0 Å². The van der Waals surface area contributed by atoms with Gasteiger partial charge in [0.2, 0.25) is 5.91 Å². The monoisotopic (exact) mass is 258 g/mol. The van der Waals surface area contributed by atoms with Crippen LogP contribution < -0.4 is 5.32 Å². The summed E-state index contributed by atoms with van der Waals surface area (Å²) in [5.74, 6) is 1.38. The van der Waals surface area contributed by atoms with Gasteiger partial charge in [-0.25, -0.2) is 0 Å². The minimum atomic E-state index is -0.00414. The molecule has 1 heterocycles. The van der Waals surface area contributed by atoms with Crippen molar-refractivity contribution in [3.63, 3.8) is 0 Å². The molecule has 1 unspecified atom stereocenters. The molecule has 17 heavy (non-hydrogen) atoms. The van der Waals surface area contributed by atoms with Gasteiger partial charge in [-0.2, -0.15) is 11.8 Å². The van der Waals surface area contributed by atoms with Crippen LogP contribution in [-0.4, -0.2) is 49.0 Å². The molecule has 1 aliphatic rings. The Labute approximate surface area is 110 Å². The van der Waals surface area contributed by atoms with Crippen molar-refractivity contribution in [1.82, 2.24) is 10.2 Å². The second kappa shape index (κ2) is 6.64. The number of nitrogens with one attached hydrogen (secondary N) is 1. The molecular weight excluding hydrogens is 232 g/mol. The van der Waals surface area contributed by atoms with Crippen molar-refractivity contribution in [3.05, 3.63) is 0 Å². The third kappa shape index (κ3) is 4.18. The Hall–Kier alpha value is -0.220. The number of rotatable bonds is 5. The largest absolute Gasteiger partial charge is 0.344 e. The van der Waals surface area contributed by atoms with Crippen molar-refractivity contribution in [2.75, 3.05) is 32.1 Å². The fourth-order valence-corrected chi connectivity index (χ4v) is 2.83. The van der Waals surface area contributed by atoms with Gasteiger partial charge in [0, 0.05) is 13.6 Å². The molecule has 1 rings (SSSR count). The normalized spacial score (nSPS) is 23.4. The van der Waals surface area contributed by atoms with E-state index in [9.17, 15) is 4.79 Å². The summed E-state index contributed by atoms with van der Waals surface area (Å²) in [6, 6.07) is -0.00414. The molecule has 1 aliphatic heterocycles. The molecule has 1 atom stereocenters. The van der Waals surface area contributed by atoms with Crippen molar-refractivity contribution in [3.8, 4) is 0 Å². The second-order valence-corrected chi connectivity index (χ2v) is 6.57. The summed E-state index contributed by atoms with van der Waals surface area (Å²) < 4.78 is 0. The van der Waals surface area contributed by atoms with Crippen LogP contribution in [0.1, 0.15) is 33.1 Å². The molecule has 1 amide bonds. The van der Waals surface area contributed by atoms with Gasteiger partial charge in [0.1, 0.15) is 0 Å². The Bertz CT molecular complexity index is 256. The van der Waals surface area contributed by atoms with Crippen LogP contribution in [0, 0.1) is 5.41 Å². The van der Waals surface area contributed by atoms with E-state index in [1.807, 2.05) is 23.7 Å². The average molecular weight is 258 g/mol. The zero-order chi connectivity index (χ0) is 12.9. The first-order valence-electron chi connectivity index (χ1n) is 6.46. The molecule has 0 aromatic heterocycles. The first-order chi connectivity index (χ1) is 7.99. The van der Waals surface area contributed by atoms with Gasteiger partial charge in [0.15, 0.2) is 0 Å². The van der Waals surface area contributed by atoms with E-state index in [4.69, 9.17) is 0 Å². The molecule has 0 aromatic rings. The molecule has 0 spiro atoms. The molecular formula is C13H26N2OS. The lowest BCUT2D eigenvalue weighted by atomic mass is 9.77. The highest BCUT2D eigenvalue weighted by Crippen LogP contribution is 2.30. The highest BCUT2D eigenvalue weighted by Gasteiger charge is 2.38. The number of piperidine rings is 1. The maximum atomic E-state index is 12.4. The Kier molecular flexibility index (Phi) is 5.80. The first kappa shape index (κ1) is 14.8. The number of hydrogen-bond acceptors (Lipinski definition) is 3. The third-order valence-corrected chi connectivity index (χ3v) is 4.29. The lowest BCUT2D eigenvalue weighted by molar-refractivity contribution is -0.136. The van der Waals surface area contributed by atoms with E-state index in [0.717, 1.165) is 31.7 Å². The van der Waals surface area contributed by atoms with Gasteiger partial charge in [-0.05, 0) is 43.2 Å². The fraction of sp³-hybridized carbons (Fsp3) is 0.923. The van der Waals surface area contributed by atoms with Crippen molar-refractivity contribution in [1.29, 1.82) is 0 Å². The van der Waals surface area contributed by atoms with Crippen molar-refractivity contribution in [2.45, 2.75) is 39.2 Å². The maximum absolute atomic E-state index is 12.4. The lowest BCUT2D eigenvalue weighted by Gasteiger charge is -2.40. The molecule has 1 saturated heterocycles. The number of carbonyl (C=O) groups is 1. The number of hydrogen-bond donors (Lipinski definition) is 1. The summed E-state index contributed by atoms with van der Waals surface area (Å²) in [6.45, 7) is 6.22. The zero-order valence-corrected chi connectivity index (χ0v) is 12.4. The molecule has 4 heteroatoms. The number of carbonyl (C=O) groups excluding carboxylic acids is 1. The van der Waals surface area contributed by atoms with Crippen molar-refractivity contribution in [2.24, 2.45) is 5.41 Å². The minimum Gasteiger partial charge on any atom is -0.344 e. The van der Waals surface area contributed by atoms with Crippen LogP contribution in [0.15, 0.2) is 0 Å². The van der Waals surface area contributed by atoms with Crippen LogP contribution in [-0.2, 0) is 4.79 Å². The molecule has 0 bridgehead atoms. The van der Waals surface area contributed by atoms with Gasteiger partial charge in [-0.1, -0.05) is 13.8 Å². The predicted molar refractivity (Wildman–Crippen MR) is 75.4 cm³/mol. The Morgan fingerprint density at radius 3 is 2.82 bits per heavy atom. The third-order valence-electron chi connectivity index (χ3n) is 3.59. The average Bonchev–Trinajstić information content (AvgIpc) is 2.28. The highest BCUT2D eigenvalue weighted by atomic mass is 32.2. The van der Waals surface area contributed by atoms with E-state index in [1.165, 1.54) is 6.42 Å². The van der Waals surface area contributed by atoms with Crippen LogP contribution in [0.5, 0.6) is 0 Å². The number of nitrogens with zero attached hydrogens (tertiary/aromatic N) is 1. The van der Waals surface area contributed by atoms with Gasteiger partial charge in [0.25, 0.3) is 0 Å². The summed E-state index contributed by atoms with van der Waals surface area (Å²) >= 11 is 1.84. The van der Waals surface area contributed by atoms with Gasteiger partial charge < -0.3 is 10.2 Å². The van der Waals surface area contributed by atoms with Gasteiger partial charge in [-0.15, -0.1) is 0 Å². The minimum absolute atomic E-state index is 0.00414. The molecule has 0 saturated carbocycles. The van der Waals surface area contributed by atoms with E-state index >= 15 is 0 Å². The quantitative estimate of drug-likeness (QED) is 0.765. The van der Waals surface area contributed by atoms with Crippen LogP contribution >= 0.6 is 11.8 Å². The van der Waals surface area contributed by atoms with E-state index < -0.39 is 0 Å². The Morgan fingerprint density at radius 2 is 2.24 bits per heavy atom. The smallest absolute Gasteiger partial charge is 0.240 e. The van der Waals surface area contributed by atoms with Gasteiger partial charge in [0.05, 0.1) is 6.04 Å². The zero-order valence-electron chi connectivity index (χ0n) is 11.6. The van der Waals surface area contributed by atoms with Crippen molar-refractivity contribution < 1.29 is 4.79 Å². The van der Waals surface area contributed by atoms with Crippen LogP contribution in [0.4, 0.5) is 0 Å². The Balaban J connectivity index is 2.49. The Morgan fingerprint density at radius 1 is 1.53 bits per heavy atom. The second-order valence-electron chi connectivity index (χ2n) is 5.59. The molecule has 0 radical (unpaired) electrons. The molecule has 3 nitrogen and oxygen atoms in total. The molecule has 100 valence electrons. The number of amides is 1. The van der Waals surface area contributed by atoms with Crippen LogP contribution in [0.3, 0.4) is 0 Å². The van der Waals surface area contributed by atoms with Crippen LogP contribution in [0.2, 0.25) is 0 Å². The lowest BCUT2D eigenvalue weighted by Crippen LogP contribution is -2.56. The van der Waals surface area contributed by atoms with E-state index in [1.54, 1.807) is 0 Å². The summed E-state index contributed by atoms with van der Waals surface area (Å²) in [6.07, 6.45) is 5.49. The highest BCUT2D eigenvalue weighted by molar-refractivity contribution is 7.98. The molecule has 0 aliphatic carbocycles. The van der Waals surface area contributed by atoms with E-state index in [0.29, 0.717) is 0 Å². The molecule has 1 fully saturated rings. The maximum Gasteiger partial charge on any atom is 0.240 e. The number of thioether (sulfide) groups is 1. The van der Waals surface area contributed by atoms with Gasteiger partial charge >= 0.3 is 0 Å². The molecule has 1 N–H and O–H groups in total. The fourth-order valence-electron chi connectivity index (χ4n) is 2.41. The number of likely N-dealkylation sites (N-methyl/N-ethyl adjacent to an activating group) is 1. The molecule has 0 aromatic carbocycles. The first-order valence-corrected chi connectivity index (χ1v) is 7.86.